The van der Waals surface area contributed by atoms with E-state index in [2.05, 4.69) is 33.8 Å². The van der Waals surface area contributed by atoms with Gasteiger partial charge in [0, 0.05) is 0 Å². The quantitative estimate of drug-likeness (QED) is 0.555. The van der Waals surface area contributed by atoms with Crippen molar-refractivity contribution >= 4 is 0 Å². The zero-order valence-electron chi connectivity index (χ0n) is 10.4. The molecule has 0 nitrogen and oxygen atoms in total. The van der Waals surface area contributed by atoms with E-state index in [1.165, 1.54) is 38.5 Å². The smallest absolute Gasteiger partial charge is 0.0266 e. The van der Waals surface area contributed by atoms with Gasteiger partial charge in [0.05, 0.1) is 0 Å². The largest absolute Gasteiger partial charge is 0.0884 e. The van der Waals surface area contributed by atoms with E-state index in [1.54, 1.807) is 5.57 Å². The Hall–Kier alpha value is -0.260. The molecule has 82 valence electrons. The number of allylic oxidation sites excluding steroid dienone is 2. The number of hydrogen-bond acceptors (Lipinski definition) is 0. The lowest BCUT2D eigenvalue weighted by Crippen LogP contribution is -2.15. The first-order chi connectivity index (χ1) is 6.59. The first-order valence-electron chi connectivity index (χ1n) is 6.23. The maximum atomic E-state index is 2.48. The van der Waals surface area contributed by atoms with Crippen LogP contribution in [0, 0.1) is 11.3 Å². The zero-order valence-corrected chi connectivity index (χ0v) is 10.4. The lowest BCUT2D eigenvalue weighted by Gasteiger charge is -2.27. The summed E-state index contributed by atoms with van der Waals surface area (Å²) in [6, 6.07) is 0. The average molecular weight is 194 g/mol. The summed E-state index contributed by atoms with van der Waals surface area (Å²) in [5.74, 6) is 0.918. The van der Waals surface area contributed by atoms with Crippen molar-refractivity contribution in [3.05, 3.63) is 11.6 Å². The van der Waals surface area contributed by atoms with E-state index in [0.717, 1.165) is 5.92 Å². The molecule has 0 heteroatoms. The minimum atomic E-state index is 0.621. The minimum absolute atomic E-state index is 0.621. The second-order valence-electron chi connectivity index (χ2n) is 5.53. The Bertz CT molecular complexity index is 202. The van der Waals surface area contributed by atoms with Crippen LogP contribution >= 0.6 is 0 Å². The molecule has 2 atom stereocenters. The number of rotatable bonds is 4. The van der Waals surface area contributed by atoms with Crippen LogP contribution < -0.4 is 0 Å². The van der Waals surface area contributed by atoms with Crippen LogP contribution in [0.1, 0.15) is 66.2 Å². The molecule has 0 spiro atoms. The van der Waals surface area contributed by atoms with Crippen LogP contribution in [0.2, 0.25) is 0 Å². The van der Waals surface area contributed by atoms with E-state index in [9.17, 15) is 0 Å². The maximum Gasteiger partial charge on any atom is -0.0266 e. The second-order valence-corrected chi connectivity index (χ2v) is 5.53. The molecule has 1 rings (SSSR count). The Labute approximate surface area is 89.8 Å². The lowest BCUT2D eigenvalue weighted by atomic mass is 9.79. The molecule has 1 fully saturated rings. The maximum absolute atomic E-state index is 2.48. The third kappa shape index (κ3) is 3.15. The predicted molar refractivity (Wildman–Crippen MR) is 64.4 cm³/mol. The van der Waals surface area contributed by atoms with Crippen LogP contribution in [0.5, 0.6) is 0 Å². The third-order valence-corrected chi connectivity index (χ3v) is 3.73. The van der Waals surface area contributed by atoms with Crippen molar-refractivity contribution in [1.29, 1.82) is 0 Å². The normalized spacial score (nSPS) is 32.4. The summed E-state index contributed by atoms with van der Waals surface area (Å²) in [4.78, 5) is 0. The molecule has 0 saturated heterocycles. The fourth-order valence-electron chi connectivity index (χ4n) is 3.04. The van der Waals surface area contributed by atoms with Crippen LogP contribution in [0.15, 0.2) is 11.6 Å². The minimum Gasteiger partial charge on any atom is -0.0884 e. The Morgan fingerprint density at radius 2 is 2.21 bits per heavy atom. The van der Waals surface area contributed by atoms with E-state index >= 15 is 0 Å². The Morgan fingerprint density at radius 3 is 2.71 bits per heavy atom. The molecule has 1 aliphatic carbocycles. The summed E-state index contributed by atoms with van der Waals surface area (Å²) in [5, 5.41) is 0. The van der Waals surface area contributed by atoms with Crippen molar-refractivity contribution < 1.29 is 0 Å². The Morgan fingerprint density at radius 1 is 1.50 bits per heavy atom. The zero-order chi connectivity index (χ0) is 10.6. The molecule has 0 aromatic heterocycles. The summed E-state index contributed by atoms with van der Waals surface area (Å²) < 4.78 is 0. The molecule has 0 aliphatic heterocycles. The van der Waals surface area contributed by atoms with Crippen LogP contribution in [0.4, 0.5) is 0 Å². The van der Waals surface area contributed by atoms with Crippen LogP contribution in [-0.2, 0) is 0 Å². The van der Waals surface area contributed by atoms with Crippen molar-refractivity contribution in [2.45, 2.75) is 66.2 Å². The molecule has 0 N–H and O–H groups in total. The third-order valence-electron chi connectivity index (χ3n) is 3.73. The molecule has 2 unspecified atom stereocenters. The van der Waals surface area contributed by atoms with E-state index in [4.69, 9.17) is 0 Å². The van der Waals surface area contributed by atoms with Gasteiger partial charge in [-0.05, 0) is 43.9 Å². The number of hydrogen-bond donors (Lipinski definition) is 0. The SMILES string of the molecule is CC=C1CCC(C)(CC(C)CCC)C1. The van der Waals surface area contributed by atoms with Crippen LogP contribution in [0.25, 0.3) is 0 Å². The van der Waals surface area contributed by atoms with Crippen molar-refractivity contribution in [2.24, 2.45) is 11.3 Å². The van der Waals surface area contributed by atoms with Crippen molar-refractivity contribution in [3.8, 4) is 0 Å². The highest BCUT2D eigenvalue weighted by Gasteiger charge is 2.32. The summed E-state index contributed by atoms with van der Waals surface area (Å²) in [6.45, 7) is 9.39. The van der Waals surface area contributed by atoms with E-state index in [-0.39, 0.29) is 0 Å². The van der Waals surface area contributed by atoms with Crippen molar-refractivity contribution in [1.82, 2.24) is 0 Å². The van der Waals surface area contributed by atoms with Gasteiger partial charge in [0.2, 0.25) is 0 Å². The van der Waals surface area contributed by atoms with Gasteiger partial charge in [-0.25, -0.2) is 0 Å². The molecule has 0 aromatic rings. The van der Waals surface area contributed by atoms with E-state index in [1.807, 2.05) is 0 Å². The van der Waals surface area contributed by atoms with Gasteiger partial charge in [-0.15, -0.1) is 0 Å². The summed E-state index contributed by atoms with van der Waals surface area (Å²) >= 11 is 0. The first-order valence-corrected chi connectivity index (χ1v) is 6.23. The molecule has 1 saturated carbocycles. The summed E-state index contributed by atoms with van der Waals surface area (Å²) in [5.41, 5.74) is 2.31. The Kier molecular flexibility index (Phi) is 4.22. The Balaban J connectivity index is 2.44. The van der Waals surface area contributed by atoms with Gasteiger partial charge < -0.3 is 0 Å². The first kappa shape index (κ1) is 11.8. The van der Waals surface area contributed by atoms with Gasteiger partial charge in [-0.1, -0.05) is 45.3 Å². The molecule has 0 radical (unpaired) electrons. The fourth-order valence-corrected chi connectivity index (χ4v) is 3.04. The van der Waals surface area contributed by atoms with E-state index < -0.39 is 0 Å². The molecule has 0 aromatic carbocycles. The molecule has 0 bridgehead atoms. The highest BCUT2D eigenvalue weighted by molar-refractivity contribution is 5.10. The fraction of sp³-hybridized carbons (Fsp3) is 0.857. The summed E-state index contributed by atoms with van der Waals surface area (Å²) in [6.07, 6.45) is 10.6. The summed E-state index contributed by atoms with van der Waals surface area (Å²) in [7, 11) is 0. The predicted octanol–water partition coefficient (Wildman–Crippen LogP) is 4.95. The van der Waals surface area contributed by atoms with Gasteiger partial charge in [0.15, 0.2) is 0 Å². The molecule has 0 heterocycles. The molecular weight excluding hydrogens is 168 g/mol. The van der Waals surface area contributed by atoms with Gasteiger partial charge in [-0.2, -0.15) is 0 Å². The molecule has 0 amide bonds. The average Bonchev–Trinajstić information content (AvgIpc) is 2.47. The highest BCUT2D eigenvalue weighted by atomic mass is 14.4. The van der Waals surface area contributed by atoms with Crippen molar-refractivity contribution in [2.75, 3.05) is 0 Å². The topological polar surface area (TPSA) is 0 Å². The van der Waals surface area contributed by atoms with Gasteiger partial charge in [0.1, 0.15) is 0 Å². The van der Waals surface area contributed by atoms with Gasteiger partial charge in [-0.3, -0.25) is 0 Å². The lowest BCUT2D eigenvalue weighted by molar-refractivity contribution is 0.252. The second kappa shape index (κ2) is 5.00. The monoisotopic (exact) mass is 194 g/mol. The standard InChI is InChI=1S/C14H26/c1-5-7-12(3)10-14(4)9-8-13(6-2)11-14/h6,12H,5,7-11H2,1-4H3. The van der Waals surface area contributed by atoms with Crippen LogP contribution in [0.3, 0.4) is 0 Å². The van der Waals surface area contributed by atoms with E-state index in [0.29, 0.717) is 5.41 Å². The van der Waals surface area contributed by atoms with Crippen molar-refractivity contribution in [3.63, 3.8) is 0 Å². The van der Waals surface area contributed by atoms with Gasteiger partial charge in [0.25, 0.3) is 0 Å². The highest BCUT2D eigenvalue weighted by Crippen LogP contribution is 2.45. The van der Waals surface area contributed by atoms with Gasteiger partial charge >= 0.3 is 0 Å². The van der Waals surface area contributed by atoms with Crippen LogP contribution in [-0.4, -0.2) is 0 Å². The molecule has 14 heavy (non-hydrogen) atoms. The molecular formula is C14H26. The molecule has 1 aliphatic rings.